The van der Waals surface area contributed by atoms with E-state index in [1.807, 2.05) is 0 Å². The molecule has 8 heteroatoms. The van der Waals surface area contributed by atoms with Crippen molar-refractivity contribution in [3.8, 4) is 0 Å². The van der Waals surface area contributed by atoms with Gasteiger partial charge in [0.1, 0.15) is 24.4 Å². The maximum atomic E-state index is 9.70. The Bertz CT molecular complexity index is 245. The molecular weight excluding hydrogens is 274 g/mol. The van der Waals surface area contributed by atoms with Gasteiger partial charge in [-0.15, -0.1) is 0 Å². The average Bonchev–Trinajstić information content (AvgIpc) is 2.42. The Morgan fingerprint density at radius 1 is 1.11 bits per heavy atom. The van der Waals surface area contributed by atoms with Gasteiger partial charge in [-0.2, -0.15) is 11.8 Å². The van der Waals surface area contributed by atoms with Crippen molar-refractivity contribution < 1.29 is 29.9 Å². The Morgan fingerprint density at radius 2 is 1.84 bits per heavy atom. The minimum absolute atomic E-state index is 0.345. The lowest BCUT2D eigenvalue weighted by Crippen LogP contribution is -2.59. The van der Waals surface area contributed by atoms with Gasteiger partial charge < -0.3 is 35.6 Å². The van der Waals surface area contributed by atoms with Gasteiger partial charge in [-0.25, -0.2) is 0 Å². The highest BCUT2D eigenvalue weighted by Crippen LogP contribution is 2.22. The molecule has 0 saturated carbocycles. The monoisotopic (exact) mass is 297 g/mol. The summed E-state index contributed by atoms with van der Waals surface area (Å²) in [6, 6.07) is 0. The lowest BCUT2D eigenvalue weighted by molar-refractivity contribution is -0.299. The number of aliphatic hydroxyl groups excluding tert-OH is 4. The average molecular weight is 297 g/mol. The van der Waals surface area contributed by atoms with E-state index in [1.54, 1.807) is 11.8 Å². The van der Waals surface area contributed by atoms with Gasteiger partial charge >= 0.3 is 0 Å². The first-order valence-corrected chi connectivity index (χ1v) is 7.47. The first kappa shape index (κ1) is 17.1. The molecule has 1 heterocycles. The Kier molecular flexibility index (Phi) is 8.19. The normalized spacial score (nSPS) is 35.5. The van der Waals surface area contributed by atoms with Crippen molar-refractivity contribution in [3.63, 3.8) is 0 Å². The number of aliphatic hydroxyl groups is 4. The van der Waals surface area contributed by atoms with E-state index in [9.17, 15) is 15.3 Å². The van der Waals surface area contributed by atoms with E-state index in [4.69, 9.17) is 20.3 Å². The summed E-state index contributed by atoms with van der Waals surface area (Å²) < 4.78 is 10.5. The molecule has 5 atom stereocenters. The Morgan fingerprint density at radius 3 is 2.47 bits per heavy atom. The zero-order chi connectivity index (χ0) is 14.3. The van der Waals surface area contributed by atoms with Crippen molar-refractivity contribution in [2.24, 2.45) is 5.73 Å². The van der Waals surface area contributed by atoms with Crippen molar-refractivity contribution in [1.29, 1.82) is 0 Å². The van der Waals surface area contributed by atoms with Crippen LogP contribution in [0, 0.1) is 0 Å². The van der Waals surface area contributed by atoms with Crippen LogP contribution in [0.25, 0.3) is 0 Å². The lowest BCUT2D eigenvalue weighted by Gasteiger charge is -2.39. The number of thioether (sulfide) groups is 1. The number of rotatable bonds is 8. The van der Waals surface area contributed by atoms with Gasteiger partial charge in [0.15, 0.2) is 6.29 Å². The number of ether oxygens (including phenoxy) is 2. The summed E-state index contributed by atoms with van der Waals surface area (Å²) in [6.45, 7) is 0.550. The molecule has 1 rings (SSSR count). The molecule has 0 aromatic rings. The maximum absolute atomic E-state index is 9.70. The summed E-state index contributed by atoms with van der Waals surface area (Å²) in [7, 11) is 0. The first-order valence-electron chi connectivity index (χ1n) is 6.31. The zero-order valence-corrected chi connectivity index (χ0v) is 11.5. The number of hydrogen-bond donors (Lipinski definition) is 5. The lowest BCUT2D eigenvalue weighted by atomic mass is 9.99. The molecule has 19 heavy (non-hydrogen) atoms. The predicted molar refractivity (Wildman–Crippen MR) is 70.7 cm³/mol. The van der Waals surface area contributed by atoms with Crippen LogP contribution >= 0.6 is 11.8 Å². The second-order valence-electron chi connectivity index (χ2n) is 4.32. The summed E-state index contributed by atoms with van der Waals surface area (Å²) in [4.78, 5) is 0. The number of hydrogen-bond acceptors (Lipinski definition) is 8. The SMILES string of the molecule is NCCCSCCO[C@H]1O[C@H](CO)[C@@H](O)[C@H](O)[C@@H]1O. The molecule has 7 nitrogen and oxygen atoms in total. The summed E-state index contributed by atoms with van der Waals surface area (Å²) in [5, 5.41) is 37.8. The fourth-order valence-electron chi connectivity index (χ4n) is 1.72. The van der Waals surface area contributed by atoms with Gasteiger partial charge in [-0.1, -0.05) is 0 Å². The third-order valence-corrected chi connectivity index (χ3v) is 3.88. The van der Waals surface area contributed by atoms with Crippen LogP contribution < -0.4 is 5.73 Å². The van der Waals surface area contributed by atoms with Crippen LogP contribution in [0.3, 0.4) is 0 Å². The predicted octanol–water partition coefficient (Wildman–Crippen LogP) is -2.12. The van der Waals surface area contributed by atoms with E-state index in [0.29, 0.717) is 13.2 Å². The summed E-state index contributed by atoms with van der Waals surface area (Å²) in [5.74, 6) is 1.66. The van der Waals surface area contributed by atoms with Crippen molar-refractivity contribution in [2.45, 2.75) is 37.1 Å². The van der Waals surface area contributed by atoms with Gasteiger partial charge in [0, 0.05) is 5.75 Å². The van der Waals surface area contributed by atoms with Gasteiger partial charge in [0.05, 0.1) is 13.2 Å². The minimum atomic E-state index is -1.39. The molecule has 0 unspecified atom stereocenters. The van der Waals surface area contributed by atoms with Gasteiger partial charge in [-0.3, -0.25) is 0 Å². The molecule has 1 aliphatic rings. The largest absolute Gasteiger partial charge is 0.394 e. The third-order valence-electron chi connectivity index (χ3n) is 2.85. The van der Waals surface area contributed by atoms with Crippen molar-refractivity contribution in [1.82, 2.24) is 0 Å². The van der Waals surface area contributed by atoms with Crippen LogP contribution in [-0.2, 0) is 9.47 Å². The standard InChI is InChI=1S/C11H23NO6S/c12-2-1-4-19-5-3-17-11-10(16)9(15)8(14)7(6-13)18-11/h7-11,13-16H,1-6,12H2/t7-,8-,9+,10+,11+/m1/s1. The van der Waals surface area contributed by atoms with E-state index in [-0.39, 0.29) is 0 Å². The molecule has 1 saturated heterocycles. The highest BCUT2D eigenvalue weighted by atomic mass is 32.2. The topological polar surface area (TPSA) is 125 Å². The second-order valence-corrected chi connectivity index (χ2v) is 5.55. The molecule has 0 radical (unpaired) electrons. The first-order chi connectivity index (χ1) is 9.11. The molecule has 1 fully saturated rings. The van der Waals surface area contributed by atoms with E-state index in [2.05, 4.69) is 0 Å². The highest BCUT2D eigenvalue weighted by molar-refractivity contribution is 7.99. The Balaban J connectivity index is 2.28. The Labute approximate surface area is 116 Å². The van der Waals surface area contributed by atoms with E-state index < -0.39 is 37.3 Å². The summed E-state index contributed by atoms with van der Waals surface area (Å²) in [6.07, 6.45) is -5.09. The molecule has 114 valence electrons. The Hall–Kier alpha value is 0.0700. The van der Waals surface area contributed by atoms with Crippen molar-refractivity contribution in [3.05, 3.63) is 0 Å². The van der Waals surface area contributed by atoms with Crippen LogP contribution in [0.15, 0.2) is 0 Å². The van der Waals surface area contributed by atoms with Crippen LogP contribution in [0.5, 0.6) is 0 Å². The molecule has 1 aliphatic heterocycles. The quantitative estimate of drug-likeness (QED) is 0.322. The van der Waals surface area contributed by atoms with Crippen LogP contribution in [-0.4, -0.2) is 82.4 Å². The highest BCUT2D eigenvalue weighted by Gasteiger charge is 2.43. The number of nitrogens with two attached hydrogens (primary N) is 1. The second kappa shape index (κ2) is 9.09. The van der Waals surface area contributed by atoms with E-state index in [1.165, 1.54) is 0 Å². The summed E-state index contributed by atoms with van der Waals surface area (Å²) >= 11 is 1.67. The molecular formula is C11H23NO6S. The van der Waals surface area contributed by atoms with Crippen LogP contribution in [0.2, 0.25) is 0 Å². The molecule has 0 spiro atoms. The van der Waals surface area contributed by atoms with E-state index >= 15 is 0 Å². The molecule has 0 amide bonds. The van der Waals surface area contributed by atoms with Gasteiger partial charge in [0.25, 0.3) is 0 Å². The molecule has 0 bridgehead atoms. The summed E-state index contributed by atoms with van der Waals surface area (Å²) in [5.41, 5.74) is 5.36. The molecule has 0 aliphatic carbocycles. The van der Waals surface area contributed by atoms with Crippen molar-refractivity contribution >= 4 is 11.8 Å². The molecule has 0 aromatic carbocycles. The van der Waals surface area contributed by atoms with Gasteiger partial charge in [0.2, 0.25) is 0 Å². The van der Waals surface area contributed by atoms with Crippen molar-refractivity contribution in [2.75, 3.05) is 31.3 Å². The van der Waals surface area contributed by atoms with Crippen LogP contribution in [0.4, 0.5) is 0 Å². The third kappa shape index (κ3) is 5.16. The smallest absolute Gasteiger partial charge is 0.186 e. The minimum Gasteiger partial charge on any atom is -0.394 e. The fourth-order valence-corrected chi connectivity index (χ4v) is 2.50. The maximum Gasteiger partial charge on any atom is 0.186 e. The van der Waals surface area contributed by atoms with Crippen LogP contribution in [0.1, 0.15) is 6.42 Å². The zero-order valence-electron chi connectivity index (χ0n) is 10.7. The van der Waals surface area contributed by atoms with E-state index in [0.717, 1.165) is 17.9 Å². The fraction of sp³-hybridized carbons (Fsp3) is 1.00. The molecule has 6 N–H and O–H groups in total. The molecule has 0 aromatic heterocycles. The van der Waals surface area contributed by atoms with Gasteiger partial charge in [-0.05, 0) is 18.7 Å².